The zero-order valence-electron chi connectivity index (χ0n) is 8.61. The molecule has 0 saturated carbocycles. The van der Waals surface area contributed by atoms with Crippen molar-refractivity contribution in [2.45, 2.75) is 20.3 Å². The van der Waals surface area contributed by atoms with Gasteiger partial charge in [-0.2, -0.15) is 0 Å². The highest BCUT2D eigenvalue weighted by Crippen LogP contribution is 2.31. The first-order valence-electron chi connectivity index (χ1n) is 4.77. The van der Waals surface area contributed by atoms with Crippen LogP contribution in [0.15, 0.2) is 17.5 Å². The van der Waals surface area contributed by atoms with Gasteiger partial charge in [-0.15, -0.1) is 22.7 Å². The standard InChI is InChI=1S/C11H11NOS2/c1-3-8-10(7(2)13)15-11(12-8)9-5-4-6-14-9/h4-6H,3H2,1-2H3. The lowest BCUT2D eigenvalue weighted by atomic mass is 10.2. The first kappa shape index (κ1) is 10.5. The van der Waals surface area contributed by atoms with Crippen LogP contribution in [0.5, 0.6) is 0 Å². The van der Waals surface area contributed by atoms with Gasteiger partial charge in [0.1, 0.15) is 5.01 Å². The van der Waals surface area contributed by atoms with Crippen molar-refractivity contribution in [3.8, 4) is 9.88 Å². The number of ketones is 1. The lowest BCUT2D eigenvalue weighted by Crippen LogP contribution is -1.93. The van der Waals surface area contributed by atoms with Crippen molar-refractivity contribution >= 4 is 28.5 Å². The third-order valence-corrected chi connectivity index (χ3v) is 4.32. The quantitative estimate of drug-likeness (QED) is 0.763. The van der Waals surface area contributed by atoms with Crippen LogP contribution in [0.25, 0.3) is 9.88 Å². The van der Waals surface area contributed by atoms with Crippen LogP contribution in [0.2, 0.25) is 0 Å². The molecule has 0 spiro atoms. The summed E-state index contributed by atoms with van der Waals surface area (Å²) < 4.78 is 0. The Balaban J connectivity index is 2.48. The highest BCUT2D eigenvalue weighted by Gasteiger charge is 2.14. The van der Waals surface area contributed by atoms with Gasteiger partial charge in [0.05, 0.1) is 15.4 Å². The predicted molar refractivity (Wildman–Crippen MR) is 64.8 cm³/mol. The van der Waals surface area contributed by atoms with E-state index in [1.807, 2.05) is 24.4 Å². The summed E-state index contributed by atoms with van der Waals surface area (Å²) in [4.78, 5) is 17.8. The monoisotopic (exact) mass is 237 g/mol. The van der Waals surface area contributed by atoms with E-state index in [0.717, 1.165) is 26.9 Å². The largest absolute Gasteiger partial charge is 0.294 e. The molecule has 0 amide bonds. The SMILES string of the molecule is CCc1nc(-c2cccs2)sc1C(C)=O. The van der Waals surface area contributed by atoms with Crippen LogP contribution in [-0.4, -0.2) is 10.8 Å². The van der Waals surface area contributed by atoms with Crippen molar-refractivity contribution in [1.29, 1.82) is 0 Å². The van der Waals surface area contributed by atoms with Crippen molar-refractivity contribution in [3.63, 3.8) is 0 Å². The van der Waals surface area contributed by atoms with E-state index < -0.39 is 0 Å². The number of thiophene rings is 1. The Morgan fingerprint density at radius 3 is 2.80 bits per heavy atom. The molecule has 0 aromatic carbocycles. The predicted octanol–water partition coefficient (Wildman–Crippen LogP) is 3.64. The minimum atomic E-state index is 0.118. The molecular formula is C11H11NOS2. The van der Waals surface area contributed by atoms with E-state index >= 15 is 0 Å². The van der Waals surface area contributed by atoms with Gasteiger partial charge in [0.2, 0.25) is 0 Å². The van der Waals surface area contributed by atoms with Crippen LogP contribution in [0.1, 0.15) is 29.2 Å². The number of Topliss-reactive ketones (excluding diaryl/α,β-unsaturated/α-hetero) is 1. The maximum Gasteiger partial charge on any atom is 0.171 e. The van der Waals surface area contributed by atoms with Gasteiger partial charge in [0, 0.05) is 6.92 Å². The van der Waals surface area contributed by atoms with E-state index in [2.05, 4.69) is 4.98 Å². The summed E-state index contributed by atoms with van der Waals surface area (Å²) >= 11 is 3.16. The van der Waals surface area contributed by atoms with Crippen molar-refractivity contribution < 1.29 is 4.79 Å². The second-order valence-corrected chi connectivity index (χ2v) is 5.13. The molecule has 0 aliphatic heterocycles. The lowest BCUT2D eigenvalue weighted by molar-refractivity contribution is 0.102. The Labute approximate surface area is 96.6 Å². The number of thiazole rings is 1. The van der Waals surface area contributed by atoms with Gasteiger partial charge in [-0.3, -0.25) is 4.79 Å². The highest BCUT2D eigenvalue weighted by molar-refractivity contribution is 7.22. The smallest absolute Gasteiger partial charge is 0.171 e. The van der Waals surface area contributed by atoms with E-state index in [1.165, 1.54) is 11.3 Å². The molecule has 0 N–H and O–H groups in total. The van der Waals surface area contributed by atoms with Crippen molar-refractivity contribution in [2.75, 3.05) is 0 Å². The van der Waals surface area contributed by atoms with E-state index in [-0.39, 0.29) is 5.78 Å². The van der Waals surface area contributed by atoms with Gasteiger partial charge in [0.25, 0.3) is 0 Å². The molecule has 2 heterocycles. The second kappa shape index (κ2) is 4.24. The zero-order chi connectivity index (χ0) is 10.8. The molecule has 0 atom stereocenters. The number of nitrogens with zero attached hydrogens (tertiary/aromatic N) is 1. The first-order valence-corrected chi connectivity index (χ1v) is 6.46. The summed E-state index contributed by atoms with van der Waals surface area (Å²) in [6.07, 6.45) is 0.816. The number of carbonyl (C=O) groups excluding carboxylic acids is 1. The van der Waals surface area contributed by atoms with Crippen molar-refractivity contribution in [1.82, 2.24) is 4.98 Å². The van der Waals surface area contributed by atoms with Crippen LogP contribution in [0.3, 0.4) is 0 Å². The maximum absolute atomic E-state index is 11.4. The summed E-state index contributed by atoms with van der Waals surface area (Å²) in [5.74, 6) is 0.118. The summed E-state index contributed by atoms with van der Waals surface area (Å²) in [6, 6.07) is 4.04. The molecule has 4 heteroatoms. The molecular weight excluding hydrogens is 226 g/mol. The highest BCUT2D eigenvalue weighted by atomic mass is 32.1. The Morgan fingerprint density at radius 1 is 1.53 bits per heavy atom. The molecule has 2 rings (SSSR count). The van der Waals surface area contributed by atoms with E-state index in [0.29, 0.717) is 0 Å². The molecule has 15 heavy (non-hydrogen) atoms. The van der Waals surface area contributed by atoms with Crippen LogP contribution in [0.4, 0.5) is 0 Å². The van der Waals surface area contributed by atoms with Crippen LogP contribution >= 0.6 is 22.7 Å². The first-order chi connectivity index (χ1) is 7.22. The average molecular weight is 237 g/mol. The van der Waals surface area contributed by atoms with Crippen LogP contribution in [0, 0.1) is 0 Å². The molecule has 0 aliphatic rings. The molecule has 0 radical (unpaired) electrons. The number of aromatic nitrogens is 1. The van der Waals surface area contributed by atoms with Crippen LogP contribution < -0.4 is 0 Å². The molecule has 0 aliphatic carbocycles. The fourth-order valence-electron chi connectivity index (χ4n) is 1.37. The van der Waals surface area contributed by atoms with E-state index in [1.54, 1.807) is 18.3 Å². The normalized spacial score (nSPS) is 10.5. The van der Waals surface area contributed by atoms with Gasteiger partial charge >= 0.3 is 0 Å². The van der Waals surface area contributed by atoms with Crippen molar-refractivity contribution in [3.05, 3.63) is 28.1 Å². The zero-order valence-corrected chi connectivity index (χ0v) is 10.2. The Hall–Kier alpha value is -1.00. The van der Waals surface area contributed by atoms with E-state index in [9.17, 15) is 4.79 Å². The Kier molecular flexibility index (Phi) is 2.98. The molecule has 0 saturated heterocycles. The van der Waals surface area contributed by atoms with E-state index in [4.69, 9.17) is 0 Å². The van der Waals surface area contributed by atoms with Gasteiger partial charge < -0.3 is 0 Å². The number of hydrogen-bond acceptors (Lipinski definition) is 4. The van der Waals surface area contributed by atoms with Crippen LogP contribution in [-0.2, 0) is 6.42 Å². The molecule has 78 valence electrons. The molecule has 0 fully saturated rings. The summed E-state index contributed by atoms with van der Waals surface area (Å²) in [5.41, 5.74) is 0.927. The molecule has 2 aromatic rings. The average Bonchev–Trinajstić information content (AvgIpc) is 2.86. The maximum atomic E-state index is 11.4. The molecule has 0 bridgehead atoms. The second-order valence-electron chi connectivity index (χ2n) is 3.18. The lowest BCUT2D eigenvalue weighted by Gasteiger charge is -1.90. The minimum absolute atomic E-state index is 0.118. The topological polar surface area (TPSA) is 30.0 Å². The Bertz CT molecular complexity index is 471. The minimum Gasteiger partial charge on any atom is -0.294 e. The number of rotatable bonds is 3. The van der Waals surface area contributed by atoms with Gasteiger partial charge in [0.15, 0.2) is 5.78 Å². The fraction of sp³-hybridized carbons (Fsp3) is 0.273. The van der Waals surface area contributed by atoms with Gasteiger partial charge in [-0.25, -0.2) is 4.98 Å². The third kappa shape index (κ3) is 2.01. The van der Waals surface area contributed by atoms with Crippen molar-refractivity contribution in [2.24, 2.45) is 0 Å². The summed E-state index contributed by atoms with van der Waals surface area (Å²) in [5, 5.41) is 2.99. The molecule has 0 unspecified atom stereocenters. The number of hydrogen-bond donors (Lipinski definition) is 0. The molecule has 2 aromatic heterocycles. The number of aryl methyl sites for hydroxylation is 1. The fourth-order valence-corrected chi connectivity index (χ4v) is 3.22. The summed E-state index contributed by atoms with van der Waals surface area (Å²) in [6.45, 7) is 3.63. The Morgan fingerprint density at radius 2 is 2.33 bits per heavy atom. The van der Waals surface area contributed by atoms with Gasteiger partial charge in [-0.1, -0.05) is 13.0 Å². The summed E-state index contributed by atoms with van der Waals surface area (Å²) in [7, 11) is 0. The third-order valence-electron chi connectivity index (χ3n) is 2.08. The molecule has 2 nitrogen and oxygen atoms in total. The van der Waals surface area contributed by atoms with Gasteiger partial charge in [-0.05, 0) is 17.9 Å². The number of carbonyl (C=O) groups is 1.